The van der Waals surface area contributed by atoms with E-state index in [2.05, 4.69) is 0 Å². The van der Waals surface area contributed by atoms with E-state index in [4.69, 9.17) is 0 Å². The highest BCUT2D eigenvalue weighted by Crippen LogP contribution is 2.29. The summed E-state index contributed by atoms with van der Waals surface area (Å²) in [6.07, 6.45) is 4.99. The van der Waals surface area contributed by atoms with Gasteiger partial charge >= 0.3 is 0 Å². The van der Waals surface area contributed by atoms with Crippen molar-refractivity contribution < 1.29 is 9.59 Å². The molecule has 0 atom stereocenters. The van der Waals surface area contributed by atoms with Crippen molar-refractivity contribution in [2.24, 2.45) is 12.5 Å². The van der Waals surface area contributed by atoms with Crippen LogP contribution in [-0.4, -0.2) is 45.3 Å². The number of amides is 2. The highest BCUT2D eigenvalue weighted by molar-refractivity contribution is 5.87. The van der Waals surface area contributed by atoms with Crippen LogP contribution in [0.4, 0.5) is 0 Å². The van der Waals surface area contributed by atoms with Crippen molar-refractivity contribution >= 4 is 11.8 Å². The molecule has 5 heteroatoms. The number of aryl methyl sites for hydroxylation is 1. The molecule has 0 aliphatic heterocycles. The topological polar surface area (TPSA) is 45.6 Å². The van der Waals surface area contributed by atoms with E-state index in [-0.39, 0.29) is 18.4 Å². The molecule has 1 fully saturated rings. The first-order valence-corrected chi connectivity index (χ1v) is 8.93. The molecule has 0 bridgehead atoms. The number of hydrogen-bond acceptors (Lipinski definition) is 2. The van der Waals surface area contributed by atoms with Crippen LogP contribution in [0.5, 0.6) is 0 Å². The number of hydrogen-bond donors (Lipinski definition) is 0. The summed E-state index contributed by atoms with van der Waals surface area (Å²) in [6, 6.07) is 4.38. The van der Waals surface area contributed by atoms with Crippen molar-refractivity contribution in [3.63, 3.8) is 0 Å². The van der Waals surface area contributed by atoms with Crippen LogP contribution >= 0.6 is 0 Å². The minimum absolute atomic E-state index is 0.0484. The van der Waals surface area contributed by atoms with Gasteiger partial charge in [-0.2, -0.15) is 0 Å². The van der Waals surface area contributed by atoms with Crippen LogP contribution in [0.1, 0.15) is 52.7 Å². The maximum Gasteiger partial charge on any atom is 0.242 e. The molecule has 0 spiro atoms. The monoisotopic (exact) mass is 333 g/mol. The molecule has 24 heavy (non-hydrogen) atoms. The van der Waals surface area contributed by atoms with Gasteiger partial charge in [0.05, 0.1) is 13.1 Å². The molecule has 1 saturated carbocycles. The quantitative estimate of drug-likeness (QED) is 0.770. The van der Waals surface area contributed by atoms with Gasteiger partial charge in [-0.3, -0.25) is 9.59 Å². The van der Waals surface area contributed by atoms with Crippen LogP contribution in [0.3, 0.4) is 0 Å². The van der Waals surface area contributed by atoms with E-state index in [0.29, 0.717) is 19.1 Å². The molecule has 5 nitrogen and oxygen atoms in total. The Bertz CT molecular complexity index is 582. The van der Waals surface area contributed by atoms with Crippen molar-refractivity contribution in [1.29, 1.82) is 0 Å². The van der Waals surface area contributed by atoms with E-state index >= 15 is 0 Å². The van der Waals surface area contributed by atoms with Crippen LogP contribution in [-0.2, 0) is 23.2 Å². The molecule has 1 aliphatic rings. The van der Waals surface area contributed by atoms with E-state index in [1.54, 1.807) is 4.90 Å². The normalized spacial score (nSPS) is 14.5. The lowest BCUT2D eigenvalue weighted by Crippen LogP contribution is -2.47. The molecule has 2 amide bonds. The fraction of sp³-hybridized carbons (Fsp3) is 0.684. The number of nitrogens with zero attached hydrogens (tertiary/aromatic N) is 3. The fourth-order valence-corrected chi connectivity index (χ4v) is 2.89. The smallest absolute Gasteiger partial charge is 0.242 e. The standard InChI is InChI=1S/C19H31N3O2/c1-6-11-21(18(24)19(2,3)4)14-17(23)22(15-9-10-15)13-16-8-7-12-20(16)5/h7-8,12,15H,6,9-11,13-14H2,1-5H3. The molecule has 2 rings (SSSR count). The minimum Gasteiger partial charge on any atom is -0.353 e. The van der Waals surface area contributed by atoms with Crippen LogP contribution in [0, 0.1) is 5.41 Å². The third-order valence-corrected chi connectivity index (χ3v) is 4.44. The summed E-state index contributed by atoms with van der Waals surface area (Å²) in [6.45, 7) is 9.20. The van der Waals surface area contributed by atoms with Crippen LogP contribution in [0.25, 0.3) is 0 Å². The lowest BCUT2D eigenvalue weighted by atomic mass is 9.94. The maximum absolute atomic E-state index is 12.9. The fourth-order valence-electron chi connectivity index (χ4n) is 2.89. The molecule has 0 saturated heterocycles. The lowest BCUT2D eigenvalue weighted by molar-refractivity contribution is -0.146. The zero-order valence-corrected chi connectivity index (χ0v) is 15.7. The van der Waals surface area contributed by atoms with Gasteiger partial charge in [0.1, 0.15) is 0 Å². The first-order chi connectivity index (χ1) is 11.2. The second-order valence-corrected chi connectivity index (χ2v) is 7.84. The maximum atomic E-state index is 12.9. The summed E-state index contributed by atoms with van der Waals surface area (Å²) in [4.78, 5) is 29.2. The third-order valence-electron chi connectivity index (χ3n) is 4.44. The van der Waals surface area contributed by atoms with Gasteiger partial charge in [-0.1, -0.05) is 27.7 Å². The van der Waals surface area contributed by atoms with Crippen molar-refractivity contribution in [3.8, 4) is 0 Å². The van der Waals surface area contributed by atoms with Gasteiger partial charge in [-0.25, -0.2) is 0 Å². The van der Waals surface area contributed by atoms with E-state index < -0.39 is 5.41 Å². The van der Waals surface area contributed by atoms with Gasteiger partial charge in [0.15, 0.2) is 0 Å². The first kappa shape index (κ1) is 18.6. The Morgan fingerprint density at radius 2 is 1.96 bits per heavy atom. The molecule has 1 heterocycles. The van der Waals surface area contributed by atoms with Crippen molar-refractivity contribution in [1.82, 2.24) is 14.4 Å². The van der Waals surface area contributed by atoms with E-state index in [9.17, 15) is 9.59 Å². The van der Waals surface area contributed by atoms with Gasteiger partial charge < -0.3 is 14.4 Å². The van der Waals surface area contributed by atoms with Crippen LogP contribution in [0.15, 0.2) is 18.3 Å². The Morgan fingerprint density at radius 3 is 2.42 bits per heavy atom. The number of carbonyl (C=O) groups is 2. The Labute approximate surface area is 145 Å². The predicted molar refractivity (Wildman–Crippen MR) is 95.3 cm³/mol. The molecule has 1 aromatic heterocycles. The van der Waals surface area contributed by atoms with Crippen molar-refractivity contribution in [3.05, 3.63) is 24.0 Å². The summed E-state index contributed by atoms with van der Waals surface area (Å²) in [5.74, 6) is 0.108. The predicted octanol–water partition coefficient (Wildman–Crippen LogP) is 2.80. The Morgan fingerprint density at radius 1 is 1.29 bits per heavy atom. The molecule has 134 valence electrons. The Kier molecular flexibility index (Phi) is 5.73. The van der Waals surface area contributed by atoms with Gasteiger partial charge in [-0.05, 0) is 31.4 Å². The Hall–Kier alpha value is -1.78. The Balaban J connectivity index is 2.08. The average Bonchev–Trinajstić information content (AvgIpc) is 3.25. The highest BCUT2D eigenvalue weighted by atomic mass is 16.2. The van der Waals surface area contributed by atoms with Gasteiger partial charge in [0.2, 0.25) is 11.8 Å². The van der Waals surface area contributed by atoms with Gasteiger partial charge in [-0.15, -0.1) is 0 Å². The van der Waals surface area contributed by atoms with Gasteiger partial charge in [0.25, 0.3) is 0 Å². The van der Waals surface area contributed by atoms with Crippen molar-refractivity contribution in [2.45, 2.75) is 59.5 Å². The largest absolute Gasteiger partial charge is 0.353 e. The SMILES string of the molecule is CCCN(CC(=O)N(Cc1cccn1C)C1CC1)C(=O)C(C)(C)C. The summed E-state index contributed by atoms with van der Waals surface area (Å²) < 4.78 is 2.05. The minimum atomic E-state index is -0.460. The third kappa shape index (κ3) is 4.62. The lowest BCUT2D eigenvalue weighted by Gasteiger charge is -2.31. The number of aromatic nitrogens is 1. The second kappa shape index (κ2) is 7.41. The second-order valence-electron chi connectivity index (χ2n) is 7.84. The summed E-state index contributed by atoms with van der Waals surface area (Å²) in [5.41, 5.74) is 0.664. The van der Waals surface area contributed by atoms with Gasteiger partial charge in [0, 0.05) is 36.9 Å². The summed E-state index contributed by atoms with van der Waals surface area (Å²) in [7, 11) is 2.00. The molecule has 1 aliphatic carbocycles. The summed E-state index contributed by atoms with van der Waals surface area (Å²) in [5, 5.41) is 0. The summed E-state index contributed by atoms with van der Waals surface area (Å²) >= 11 is 0. The number of carbonyl (C=O) groups excluding carboxylic acids is 2. The van der Waals surface area contributed by atoms with E-state index in [1.165, 1.54) is 0 Å². The molecule has 0 aromatic carbocycles. The van der Waals surface area contributed by atoms with E-state index in [0.717, 1.165) is 25.0 Å². The highest BCUT2D eigenvalue weighted by Gasteiger charge is 2.35. The molecule has 0 unspecified atom stereocenters. The number of rotatable bonds is 7. The molecular formula is C19H31N3O2. The zero-order valence-electron chi connectivity index (χ0n) is 15.7. The van der Waals surface area contributed by atoms with Crippen molar-refractivity contribution in [2.75, 3.05) is 13.1 Å². The van der Waals surface area contributed by atoms with Crippen LogP contribution < -0.4 is 0 Å². The molecule has 0 N–H and O–H groups in total. The molecule has 1 aromatic rings. The zero-order chi connectivity index (χ0) is 17.9. The molecule has 0 radical (unpaired) electrons. The average molecular weight is 333 g/mol. The molecular weight excluding hydrogens is 302 g/mol. The van der Waals surface area contributed by atoms with E-state index in [1.807, 2.05) is 62.5 Å². The first-order valence-electron chi connectivity index (χ1n) is 8.93. The van der Waals surface area contributed by atoms with Crippen LogP contribution in [0.2, 0.25) is 0 Å².